The molecular weight excluding hydrogens is 401 g/mol. The van der Waals surface area contributed by atoms with Crippen molar-refractivity contribution < 1.29 is 27.4 Å². The molecule has 0 aliphatic carbocycles. The molecule has 1 amide bonds. The third-order valence-corrected chi connectivity index (χ3v) is 4.20. The first kappa shape index (κ1) is 23.4. The number of halogens is 3. The Morgan fingerprint density at radius 1 is 1.30 bits per heavy atom. The maximum Gasteiger partial charge on any atom is 0.412 e. The summed E-state index contributed by atoms with van der Waals surface area (Å²) in [5.74, 6) is 0.122. The second-order valence-corrected chi connectivity index (χ2v) is 7.34. The first-order valence-electron chi connectivity index (χ1n) is 9.24. The van der Waals surface area contributed by atoms with Crippen LogP contribution >= 0.6 is 0 Å². The van der Waals surface area contributed by atoms with Crippen molar-refractivity contribution >= 4 is 11.9 Å². The summed E-state index contributed by atoms with van der Waals surface area (Å²) in [7, 11) is 1.20. The molecule has 0 aliphatic rings. The Balaban J connectivity index is 2.27. The molecule has 0 aliphatic heterocycles. The lowest BCUT2D eigenvalue weighted by Gasteiger charge is -2.28. The van der Waals surface area contributed by atoms with E-state index in [4.69, 9.17) is 10.5 Å². The molecule has 2 heterocycles. The minimum Gasteiger partial charge on any atom is -0.489 e. The molecule has 0 saturated heterocycles. The van der Waals surface area contributed by atoms with Crippen molar-refractivity contribution in [1.82, 2.24) is 9.97 Å². The molecule has 0 saturated carbocycles. The van der Waals surface area contributed by atoms with Gasteiger partial charge in [-0.05, 0) is 30.5 Å². The Hall–Kier alpha value is -2.88. The lowest BCUT2D eigenvalue weighted by molar-refractivity contribution is 0.131. The number of hydrogen-bond donors (Lipinski definition) is 2. The van der Waals surface area contributed by atoms with Gasteiger partial charge in [-0.3, -0.25) is 10.3 Å². The minimum absolute atomic E-state index is 0.115. The van der Waals surface area contributed by atoms with Gasteiger partial charge in [0.05, 0.1) is 30.1 Å². The van der Waals surface area contributed by atoms with Crippen molar-refractivity contribution in [2.45, 2.75) is 32.2 Å². The van der Waals surface area contributed by atoms with E-state index in [1.165, 1.54) is 25.4 Å². The molecule has 1 unspecified atom stereocenters. The molecule has 164 valence electrons. The number of nitrogens with one attached hydrogen (secondary N) is 1. The number of methoxy groups -OCH3 is 1. The van der Waals surface area contributed by atoms with Crippen LogP contribution in [-0.4, -0.2) is 42.0 Å². The van der Waals surface area contributed by atoms with Crippen LogP contribution in [0.4, 0.5) is 23.8 Å². The van der Waals surface area contributed by atoms with E-state index in [9.17, 15) is 18.0 Å². The van der Waals surface area contributed by atoms with Crippen molar-refractivity contribution in [3.05, 3.63) is 36.2 Å². The molecule has 0 aromatic carbocycles. The zero-order valence-electron chi connectivity index (χ0n) is 17.0. The maximum absolute atomic E-state index is 13.6. The number of rotatable bonds is 9. The zero-order chi connectivity index (χ0) is 22.3. The number of nitrogens with two attached hydrogens (primary N) is 1. The molecule has 1 atom stereocenters. The molecule has 0 spiro atoms. The predicted octanol–water partition coefficient (Wildman–Crippen LogP) is 4.35. The molecule has 0 fully saturated rings. The summed E-state index contributed by atoms with van der Waals surface area (Å²) in [4.78, 5) is 19.4. The third-order valence-electron chi connectivity index (χ3n) is 4.20. The number of pyridine rings is 2. The largest absolute Gasteiger partial charge is 0.489 e. The monoisotopic (exact) mass is 426 g/mol. The van der Waals surface area contributed by atoms with Crippen LogP contribution < -0.4 is 15.8 Å². The topological polar surface area (TPSA) is 99.4 Å². The van der Waals surface area contributed by atoms with Crippen LogP contribution in [0.2, 0.25) is 0 Å². The van der Waals surface area contributed by atoms with Crippen molar-refractivity contribution in [3.63, 3.8) is 0 Å². The highest BCUT2D eigenvalue weighted by molar-refractivity contribution is 5.84. The van der Waals surface area contributed by atoms with Gasteiger partial charge in [0, 0.05) is 11.8 Å². The Labute approximate surface area is 172 Å². The lowest BCUT2D eigenvalue weighted by Crippen LogP contribution is -2.49. The number of carbonyl (C=O) groups excluding carboxylic acids is 1. The predicted molar refractivity (Wildman–Crippen MR) is 106 cm³/mol. The normalized spacial score (nSPS) is 13.2. The summed E-state index contributed by atoms with van der Waals surface area (Å²) >= 11 is 0. The van der Waals surface area contributed by atoms with E-state index in [0.29, 0.717) is 12.0 Å². The summed E-state index contributed by atoms with van der Waals surface area (Å²) < 4.78 is 50.6. The number of alkyl halides is 3. The maximum atomic E-state index is 13.6. The molecule has 2 aromatic heterocycles. The van der Waals surface area contributed by atoms with Crippen LogP contribution in [-0.2, 0) is 4.74 Å². The molecule has 2 aromatic rings. The van der Waals surface area contributed by atoms with Crippen LogP contribution in [0.3, 0.4) is 0 Å². The number of aromatic nitrogens is 2. The number of ether oxygens (including phenoxy) is 2. The average molecular weight is 426 g/mol. The van der Waals surface area contributed by atoms with Gasteiger partial charge in [-0.15, -0.1) is 0 Å². The van der Waals surface area contributed by atoms with Crippen molar-refractivity contribution in [3.8, 4) is 17.0 Å². The number of hydrogen-bond acceptors (Lipinski definition) is 6. The smallest absolute Gasteiger partial charge is 0.412 e. The van der Waals surface area contributed by atoms with E-state index < -0.39 is 30.3 Å². The van der Waals surface area contributed by atoms with Gasteiger partial charge in [0.2, 0.25) is 0 Å². The second kappa shape index (κ2) is 10.2. The molecule has 0 radical (unpaired) electrons. The first-order chi connectivity index (χ1) is 14.2. The van der Waals surface area contributed by atoms with Crippen LogP contribution in [0, 0.1) is 5.92 Å². The van der Waals surface area contributed by atoms with Gasteiger partial charge in [-0.25, -0.2) is 22.9 Å². The molecule has 7 nitrogen and oxygen atoms in total. The summed E-state index contributed by atoms with van der Waals surface area (Å²) in [5, 5.41) is 2.39. The molecule has 3 N–H and O–H groups in total. The minimum atomic E-state index is -2.85. The Bertz CT molecular complexity index is 867. The van der Waals surface area contributed by atoms with E-state index in [1.54, 1.807) is 6.07 Å². The van der Waals surface area contributed by atoms with E-state index in [1.807, 2.05) is 13.8 Å². The molecule has 0 bridgehead atoms. The Morgan fingerprint density at radius 2 is 2.03 bits per heavy atom. The van der Waals surface area contributed by atoms with Gasteiger partial charge in [-0.2, -0.15) is 0 Å². The molecule has 2 rings (SSSR count). The fourth-order valence-corrected chi connectivity index (χ4v) is 2.91. The molecule has 10 heteroatoms. The fourth-order valence-electron chi connectivity index (χ4n) is 2.91. The van der Waals surface area contributed by atoms with Crippen molar-refractivity contribution in [2.24, 2.45) is 11.7 Å². The second-order valence-electron chi connectivity index (χ2n) is 7.34. The van der Waals surface area contributed by atoms with Crippen LogP contribution in [0.5, 0.6) is 5.75 Å². The standard InChI is InChI=1S/C20H25F3N4O3/c1-12(2)8-20(24,10-21)11-30-16-9-26-15(7-14(16)18(22)23)13-4-5-25-17(6-13)27-19(28)29-3/h4-7,9,12,18H,8,10-11,24H2,1-3H3,(H,25,27,28). The van der Waals surface area contributed by atoms with Gasteiger partial charge in [0.1, 0.15) is 24.8 Å². The number of amides is 1. The number of nitrogens with zero attached hydrogens (tertiary/aromatic N) is 2. The van der Waals surface area contributed by atoms with Crippen LogP contribution in [0.15, 0.2) is 30.6 Å². The van der Waals surface area contributed by atoms with E-state index in [-0.39, 0.29) is 29.8 Å². The SMILES string of the molecule is COC(=O)Nc1cc(-c2cc(C(F)F)c(OCC(N)(CF)CC(C)C)cn2)ccn1. The lowest BCUT2D eigenvalue weighted by atomic mass is 9.92. The summed E-state index contributed by atoms with van der Waals surface area (Å²) in [6, 6.07) is 4.19. The number of anilines is 1. The highest BCUT2D eigenvalue weighted by Gasteiger charge is 2.28. The quantitative estimate of drug-likeness (QED) is 0.618. The van der Waals surface area contributed by atoms with E-state index in [2.05, 4.69) is 20.0 Å². The summed E-state index contributed by atoms with van der Waals surface area (Å²) in [5.41, 5.74) is 5.00. The van der Waals surface area contributed by atoms with Gasteiger partial charge in [-0.1, -0.05) is 13.8 Å². The van der Waals surface area contributed by atoms with Crippen molar-refractivity contribution in [2.75, 3.05) is 25.7 Å². The first-order valence-corrected chi connectivity index (χ1v) is 9.24. The Kier molecular flexibility index (Phi) is 7.99. The summed E-state index contributed by atoms with van der Waals surface area (Å²) in [6.07, 6.45) is -0.682. The highest BCUT2D eigenvalue weighted by atomic mass is 19.3. The number of carbonyl (C=O) groups is 1. The van der Waals surface area contributed by atoms with Crippen LogP contribution in [0.1, 0.15) is 32.3 Å². The average Bonchev–Trinajstić information content (AvgIpc) is 2.71. The van der Waals surface area contributed by atoms with Gasteiger partial charge >= 0.3 is 6.09 Å². The highest BCUT2D eigenvalue weighted by Crippen LogP contribution is 2.33. The third kappa shape index (κ3) is 6.31. The zero-order valence-corrected chi connectivity index (χ0v) is 17.0. The van der Waals surface area contributed by atoms with E-state index in [0.717, 1.165) is 6.20 Å². The molecule has 30 heavy (non-hydrogen) atoms. The van der Waals surface area contributed by atoms with Crippen molar-refractivity contribution in [1.29, 1.82) is 0 Å². The van der Waals surface area contributed by atoms with Gasteiger partial charge in [0.15, 0.2) is 0 Å². The van der Waals surface area contributed by atoms with E-state index >= 15 is 0 Å². The summed E-state index contributed by atoms with van der Waals surface area (Å²) in [6.45, 7) is 2.67. The van der Waals surface area contributed by atoms with Crippen LogP contribution in [0.25, 0.3) is 11.3 Å². The van der Waals surface area contributed by atoms with Gasteiger partial charge < -0.3 is 15.2 Å². The molecular formula is C20H25F3N4O3. The fraction of sp³-hybridized carbons (Fsp3) is 0.450. The van der Waals surface area contributed by atoms with Gasteiger partial charge in [0.25, 0.3) is 6.43 Å². The Morgan fingerprint density at radius 3 is 2.63 bits per heavy atom.